The van der Waals surface area contributed by atoms with Gasteiger partial charge in [-0.1, -0.05) is 19.9 Å². The zero-order chi connectivity index (χ0) is 10.4. The highest BCUT2D eigenvalue weighted by Crippen LogP contribution is 2.20. The van der Waals surface area contributed by atoms with Crippen LogP contribution in [0.5, 0.6) is 0 Å². The third-order valence-corrected chi connectivity index (χ3v) is 1.56. The number of hydrogen-bond acceptors (Lipinski definition) is 3. The monoisotopic (exact) mass is 181 g/mol. The normalized spacial score (nSPS) is 8.69. The highest BCUT2D eigenvalue weighted by molar-refractivity contribution is 5.67. The molecule has 0 aliphatic carbocycles. The Hall–Kier alpha value is -1.22. The Labute approximate surface area is 80.3 Å². The minimum Gasteiger partial charge on any atom is -0.397 e. The number of nitrogens with zero attached hydrogens (tertiary/aromatic N) is 1. The fraction of sp³-hybridized carbons (Fsp3) is 0.400. The SMILES string of the molecule is CC.Cc1ccc(N(C)N)c(N)c1. The molecule has 1 aromatic carbocycles. The number of hydrogen-bond donors (Lipinski definition) is 2. The van der Waals surface area contributed by atoms with Crippen molar-refractivity contribution in [3.05, 3.63) is 23.8 Å². The van der Waals surface area contributed by atoms with Crippen molar-refractivity contribution in [1.82, 2.24) is 0 Å². The van der Waals surface area contributed by atoms with Gasteiger partial charge in [-0.3, -0.25) is 0 Å². The largest absolute Gasteiger partial charge is 0.397 e. The number of rotatable bonds is 1. The van der Waals surface area contributed by atoms with Crippen LogP contribution in [0.1, 0.15) is 19.4 Å². The van der Waals surface area contributed by atoms with Gasteiger partial charge >= 0.3 is 0 Å². The predicted molar refractivity (Wildman–Crippen MR) is 59.5 cm³/mol. The van der Waals surface area contributed by atoms with E-state index in [2.05, 4.69) is 0 Å². The van der Waals surface area contributed by atoms with E-state index in [1.54, 1.807) is 7.05 Å². The average Bonchev–Trinajstić information content (AvgIpc) is 2.07. The van der Waals surface area contributed by atoms with E-state index >= 15 is 0 Å². The molecule has 0 aliphatic heterocycles. The smallest absolute Gasteiger partial charge is 0.0743 e. The maximum atomic E-state index is 5.70. The minimum absolute atomic E-state index is 0.718. The van der Waals surface area contributed by atoms with Gasteiger partial charge in [0.2, 0.25) is 0 Å². The van der Waals surface area contributed by atoms with Crippen molar-refractivity contribution >= 4 is 11.4 Å². The molecule has 0 saturated carbocycles. The minimum atomic E-state index is 0.718. The first-order valence-corrected chi connectivity index (χ1v) is 4.46. The first-order chi connectivity index (χ1) is 6.11. The average molecular weight is 181 g/mol. The van der Waals surface area contributed by atoms with E-state index < -0.39 is 0 Å². The van der Waals surface area contributed by atoms with Crippen molar-refractivity contribution < 1.29 is 0 Å². The van der Waals surface area contributed by atoms with E-state index in [1.165, 1.54) is 5.01 Å². The second-order valence-electron chi connectivity index (χ2n) is 2.67. The maximum Gasteiger partial charge on any atom is 0.0743 e. The first-order valence-electron chi connectivity index (χ1n) is 4.46. The van der Waals surface area contributed by atoms with Crippen LogP contribution in [0, 0.1) is 6.92 Å². The molecule has 0 unspecified atom stereocenters. The molecule has 74 valence electrons. The lowest BCUT2D eigenvalue weighted by Crippen LogP contribution is -2.25. The molecule has 0 heterocycles. The molecular weight excluding hydrogens is 162 g/mol. The molecule has 0 spiro atoms. The van der Waals surface area contributed by atoms with Gasteiger partial charge in [-0.15, -0.1) is 0 Å². The Morgan fingerprint density at radius 3 is 2.15 bits per heavy atom. The molecule has 0 aliphatic rings. The zero-order valence-corrected chi connectivity index (χ0v) is 8.83. The molecule has 1 rings (SSSR count). The van der Waals surface area contributed by atoms with Gasteiger partial charge in [-0.25, -0.2) is 5.84 Å². The van der Waals surface area contributed by atoms with Gasteiger partial charge in [0, 0.05) is 7.05 Å². The summed E-state index contributed by atoms with van der Waals surface area (Å²) >= 11 is 0. The van der Waals surface area contributed by atoms with Gasteiger partial charge in [-0.05, 0) is 24.6 Å². The van der Waals surface area contributed by atoms with Gasteiger partial charge in [0.15, 0.2) is 0 Å². The molecule has 0 amide bonds. The first kappa shape index (κ1) is 11.8. The Kier molecular flexibility index (Phi) is 4.92. The van der Waals surface area contributed by atoms with Crippen LogP contribution in [0.25, 0.3) is 0 Å². The fourth-order valence-electron chi connectivity index (χ4n) is 0.995. The van der Waals surface area contributed by atoms with Crippen molar-refractivity contribution in [2.45, 2.75) is 20.8 Å². The molecule has 3 nitrogen and oxygen atoms in total. The number of benzene rings is 1. The van der Waals surface area contributed by atoms with Crippen LogP contribution < -0.4 is 16.6 Å². The molecular formula is C10H19N3. The van der Waals surface area contributed by atoms with Gasteiger partial charge in [0.1, 0.15) is 0 Å². The van der Waals surface area contributed by atoms with Crippen molar-refractivity contribution in [3.8, 4) is 0 Å². The summed E-state index contributed by atoms with van der Waals surface area (Å²) in [6.07, 6.45) is 0. The second kappa shape index (κ2) is 5.43. The number of nitrogen functional groups attached to an aromatic ring is 1. The van der Waals surface area contributed by atoms with Gasteiger partial charge < -0.3 is 10.7 Å². The lowest BCUT2D eigenvalue weighted by atomic mass is 10.2. The van der Waals surface area contributed by atoms with Crippen LogP contribution in [-0.4, -0.2) is 7.05 Å². The molecule has 0 bridgehead atoms. The third-order valence-electron chi connectivity index (χ3n) is 1.56. The van der Waals surface area contributed by atoms with Crippen LogP contribution in [-0.2, 0) is 0 Å². The summed E-state index contributed by atoms with van der Waals surface area (Å²) in [7, 11) is 1.76. The van der Waals surface area contributed by atoms with E-state index in [0.29, 0.717) is 0 Å². The van der Waals surface area contributed by atoms with Crippen LogP contribution in [0.15, 0.2) is 18.2 Å². The summed E-state index contributed by atoms with van der Waals surface area (Å²) in [6.45, 7) is 6.00. The molecule has 0 radical (unpaired) electrons. The third kappa shape index (κ3) is 3.34. The Morgan fingerprint density at radius 1 is 1.23 bits per heavy atom. The quantitative estimate of drug-likeness (QED) is 0.395. The summed E-state index contributed by atoms with van der Waals surface area (Å²) in [6, 6.07) is 5.79. The Morgan fingerprint density at radius 2 is 1.77 bits per heavy atom. The molecule has 4 N–H and O–H groups in total. The summed E-state index contributed by atoms with van der Waals surface area (Å²) in [5, 5.41) is 1.51. The number of aryl methyl sites for hydroxylation is 1. The molecule has 0 fully saturated rings. The molecule has 1 aromatic rings. The summed E-state index contributed by atoms with van der Waals surface area (Å²) in [5.74, 6) is 5.52. The van der Waals surface area contributed by atoms with E-state index in [0.717, 1.165) is 16.9 Å². The highest BCUT2D eigenvalue weighted by atomic mass is 15.4. The van der Waals surface area contributed by atoms with Gasteiger partial charge in [-0.2, -0.15) is 0 Å². The molecule has 3 heteroatoms. The lowest BCUT2D eigenvalue weighted by molar-refractivity contribution is 1.02. The predicted octanol–water partition coefficient (Wildman–Crippen LogP) is 1.91. The maximum absolute atomic E-state index is 5.70. The molecule has 0 atom stereocenters. The van der Waals surface area contributed by atoms with E-state index in [9.17, 15) is 0 Å². The van der Waals surface area contributed by atoms with Crippen molar-refractivity contribution in [1.29, 1.82) is 0 Å². The summed E-state index contributed by atoms with van der Waals surface area (Å²) in [4.78, 5) is 0. The second-order valence-corrected chi connectivity index (χ2v) is 2.67. The van der Waals surface area contributed by atoms with E-state index in [4.69, 9.17) is 11.6 Å². The molecule has 13 heavy (non-hydrogen) atoms. The zero-order valence-electron chi connectivity index (χ0n) is 8.83. The van der Waals surface area contributed by atoms with Gasteiger partial charge in [0.25, 0.3) is 0 Å². The molecule has 0 aromatic heterocycles. The van der Waals surface area contributed by atoms with Crippen LogP contribution in [0.3, 0.4) is 0 Å². The summed E-state index contributed by atoms with van der Waals surface area (Å²) in [5.41, 5.74) is 8.42. The highest BCUT2D eigenvalue weighted by Gasteiger charge is 1.99. The standard InChI is InChI=1S/C8H13N3.C2H6/c1-6-3-4-8(11(2)10)7(9)5-6;1-2/h3-5H,9-10H2,1-2H3;1-2H3. The topological polar surface area (TPSA) is 55.3 Å². The number of nitrogens with two attached hydrogens (primary N) is 2. The summed E-state index contributed by atoms with van der Waals surface area (Å²) < 4.78 is 0. The lowest BCUT2D eigenvalue weighted by Gasteiger charge is -2.14. The van der Waals surface area contributed by atoms with Crippen LogP contribution in [0.4, 0.5) is 11.4 Å². The molecule has 0 saturated heterocycles. The van der Waals surface area contributed by atoms with Crippen molar-refractivity contribution in [3.63, 3.8) is 0 Å². The van der Waals surface area contributed by atoms with Crippen molar-refractivity contribution in [2.24, 2.45) is 5.84 Å². The number of hydrazine groups is 1. The Balaban J connectivity index is 0.000000671. The fourth-order valence-corrected chi connectivity index (χ4v) is 0.995. The number of anilines is 2. The van der Waals surface area contributed by atoms with Crippen molar-refractivity contribution in [2.75, 3.05) is 17.8 Å². The Bertz CT molecular complexity index is 256. The van der Waals surface area contributed by atoms with Gasteiger partial charge in [0.05, 0.1) is 11.4 Å². The van der Waals surface area contributed by atoms with E-state index in [1.807, 2.05) is 39.0 Å². The van der Waals surface area contributed by atoms with E-state index in [-0.39, 0.29) is 0 Å². The van der Waals surface area contributed by atoms with Crippen LogP contribution >= 0.6 is 0 Å². The van der Waals surface area contributed by atoms with Crippen LogP contribution in [0.2, 0.25) is 0 Å².